The summed E-state index contributed by atoms with van der Waals surface area (Å²) in [5.41, 5.74) is 2.80. The third-order valence-electron chi connectivity index (χ3n) is 2.23. The van der Waals surface area contributed by atoms with E-state index in [2.05, 4.69) is 43.2 Å². The molecule has 2 nitrogen and oxygen atoms in total. The fourth-order valence-electron chi connectivity index (χ4n) is 1.69. The second kappa shape index (κ2) is 3.40. The summed E-state index contributed by atoms with van der Waals surface area (Å²) in [6, 6.07) is 6.43. The summed E-state index contributed by atoms with van der Waals surface area (Å²) in [5, 5.41) is 3.33. The van der Waals surface area contributed by atoms with Crippen molar-refractivity contribution in [1.82, 2.24) is 5.32 Å². The second-order valence-electron chi connectivity index (χ2n) is 4.75. The maximum atomic E-state index is 5.94. The van der Waals surface area contributed by atoms with E-state index < -0.39 is 8.32 Å². The first-order valence-corrected chi connectivity index (χ1v) is 8.47. The molecule has 1 heterocycles. The Bertz CT molecular complexity index is 344. The molecule has 3 heteroatoms. The summed E-state index contributed by atoms with van der Waals surface area (Å²) < 4.78 is 5.94. The Morgan fingerprint density at radius 1 is 1.14 bits per heavy atom. The van der Waals surface area contributed by atoms with Crippen molar-refractivity contribution >= 4 is 8.32 Å². The van der Waals surface area contributed by atoms with Gasteiger partial charge in [0.2, 0.25) is 8.32 Å². The van der Waals surface area contributed by atoms with Gasteiger partial charge in [-0.15, -0.1) is 0 Å². The Balaban J connectivity index is 2.21. The molecule has 0 unspecified atom stereocenters. The summed E-state index contributed by atoms with van der Waals surface area (Å²) >= 11 is 0. The molecule has 0 aromatic heterocycles. The summed E-state index contributed by atoms with van der Waals surface area (Å²) in [4.78, 5) is 0. The average Bonchev–Trinajstić information content (AvgIpc) is 2.47. The molecule has 0 spiro atoms. The zero-order chi connectivity index (χ0) is 10.2. The van der Waals surface area contributed by atoms with Gasteiger partial charge in [-0.1, -0.05) is 6.07 Å². The highest BCUT2D eigenvalue weighted by molar-refractivity contribution is 6.70. The summed E-state index contributed by atoms with van der Waals surface area (Å²) in [6.07, 6.45) is 0. The quantitative estimate of drug-likeness (QED) is 0.752. The fourth-order valence-corrected chi connectivity index (χ4v) is 2.52. The molecule has 1 aromatic carbocycles. The Morgan fingerprint density at radius 3 is 2.57 bits per heavy atom. The molecule has 1 aromatic rings. The number of hydrogen-bond donors (Lipinski definition) is 1. The molecular formula is C11H17NOSi. The normalized spacial score (nSPS) is 15.4. The third-order valence-corrected chi connectivity index (χ3v) is 3.08. The van der Waals surface area contributed by atoms with Gasteiger partial charge in [0.1, 0.15) is 5.75 Å². The zero-order valence-electron chi connectivity index (χ0n) is 9.05. The predicted octanol–water partition coefficient (Wildman–Crippen LogP) is 2.50. The fraction of sp³-hybridized carbons (Fsp3) is 0.455. The number of fused-ring (bicyclic) bond motifs is 1. The van der Waals surface area contributed by atoms with Crippen LogP contribution in [0.3, 0.4) is 0 Å². The van der Waals surface area contributed by atoms with Gasteiger partial charge in [0.05, 0.1) is 0 Å². The van der Waals surface area contributed by atoms with Crippen molar-refractivity contribution in [2.75, 3.05) is 0 Å². The van der Waals surface area contributed by atoms with Crippen LogP contribution in [0.5, 0.6) is 5.75 Å². The zero-order valence-corrected chi connectivity index (χ0v) is 10.1. The lowest BCUT2D eigenvalue weighted by Gasteiger charge is -2.19. The molecule has 0 bridgehead atoms. The Kier molecular flexibility index (Phi) is 2.37. The van der Waals surface area contributed by atoms with Crippen LogP contribution in [0.2, 0.25) is 19.6 Å². The van der Waals surface area contributed by atoms with E-state index >= 15 is 0 Å². The molecule has 0 amide bonds. The largest absolute Gasteiger partial charge is 0.544 e. The van der Waals surface area contributed by atoms with E-state index in [4.69, 9.17) is 4.43 Å². The molecule has 0 saturated heterocycles. The van der Waals surface area contributed by atoms with Crippen molar-refractivity contribution < 1.29 is 4.43 Å². The van der Waals surface area contributed by atoms with Gasteiger partial charge in [0.25, 0.3) is 0 Å². The Labute approximate surface area is 86.4 Å². The van der Waals surface area contributed by atoms with Crippen LogP contribution in [-0.4, -0.2) is 8.32 Å². The first-order valence-electron chi connectivity index (χ1n) is 5.06. The molecule has 0 atom stereocenters. The maximum Gasteiger partial charge on any atom is 0.242 e. The number of hydrogen-bond acceptors (Lipinski definition) is 2. The summed E-state index contributed by atoms with van der Waals surface area (Å²) in [5.74, 6) is 1.03. The number of nitrogens with one attached hydrogen (secondary N) is 1. The molecule has 14 heavy (non-hydrogen) atoms. The van der Waals surface area contributed by atoms with E-state index in [9.17, 15) is 0 Å². The topological polar surface area (TPSA) is 21.3 Å². The molecule has 76 valence electrons. The van der Waals surface area contributed by atoms with E-state index in [1.807, 2.05) is 0 Å². The molecule has 1 aliphatic heterocycles. The van der Waals surface area contributed by atoms with Gasteiger partial charge < -0.3 is 9.74 Å². The van der Waals surface area contributed by atoms with Gasteiger partial charge in [0.15, 0.2) is 0 Å². The minimum atomic E-state index is -1.45. The van der Waals surface area contributed by atoms with Crippen molar-refractivity contribution in [3.05, 3.63) is 29.3 Å². The van der Waals surface area contributed by atoms with Crippen LogP contribution in [0.25, 0.3) is 0 Å². The Hall–Kier alpha value is -0.803. The van der Waals surface area contributed by atoms with Gasteiger partial charge in [-0.3, -0.25) is 0 Å². The van der Waals surface area contributed by atoms with Crippen LogP contribution >= 0.6 is 0 Å². The van der Waals surface area contributed by atoms with Gasteiger partial charge >= 0.3 is 0 Å². The predicted molar refractivity (Wildman–Crippen MR) is 61.0 cm³/mol. The van der Waals surface area contributed by atoms with Gasteiger partial charge in [-0.25, -0.2) is 0 Å². The van der Waals surface area contributed by atoms with Crippen molar-refractivity contribution in [2.45, 2.75) is 32.7 Å². The Morgan fingerprint density at radius 2 is 1.86 bits per heavy atom. The molecule has 0 radical (unpaired) electrons. The van der Waals surface area contributed by atoms with E-state index in [1.165, 1.54) is 11.1 Å². The lowest BCUT2D eigenvalue weighted by atomic mass is 10.1. The molecule has 1 N–H and O–H groups in total. The summed E-state index contributed by atoms with van der Waals surface area (Å²) in [7, 11) is -1.45. The molecule has 0 fully saturated rings. The highest BCUT2D eigenvalue weighted by Crippen LogP contribution is 2.23. The van der Waals surface area contributed by atoms with Crippen molar-refractivity contribution in [1.29, 1.82) is 0 Å². The van der Waals surface area contributed by atoms with E-state index in [0.717, 1.165) is 18.8 Å². The lowest BCUT2D eigenvalue weighted by Crippen LogP contribution is -2.29. The number of benzene rings is 1. The van der Waals surface area contributed by atoms with Gasteiger partial charge in [-0.2, -0.15) is 0 Å². The monoisotopic (exact) mass is 207 g/mol. The highest BCUT2D eigenvalue weighted by Gasteiger charge is 2.17. The standard InChI is InChI=1S/C11H17NOSi/c1-14(2,3)13-11-5-4-9-7-12-8-10(9)6-11/h4-6,12H,7-8H2,1-3H3. The van der Waals surface area contributed by atoms with Crippen LogP contribution in [0.15, 0.2) is 18.2 Å². The molecule has 0 saturated carbocycles. The van der Waals surface area contributed by atoms with Crippen LogP contribution in [0, 0.1) is 0 Å². The number of rotatable bonds is 2. The third kappa shape index (κ3) is 2.16. The maximum absolute atomic E-state index is 5.94. The van der Waals surface area contributed by atoms with E-state index in [1.54, 1.807) is 0 Å². The van der Waals surface area contributed by atoms with Crippen molar-refractivity contribution in [3.8, 4) is 5.75 Å². The SMILES string of the molecule is C[Si](C)(C)Oc1ccc2c(c1)CNC2. The smallest absolute Gasteiger partial charge is 0.242 e. The van der Waals surface area contributed by atoms with Crippen LogP contribution in [0.4, 0.5) is 0 Å². The van der Waals surface area contributed by atoms with Crippen LogP contribution in [-0.2, 0) is 13.1 Å². The first kappa shape index (κ1) is 9.74. The second-order valence-corrected chi connectivity index (χ2v) is 9.18. The van der Waals surface area contributed by atoms with E-state index in [-0.39, 0.29) is 0 Å². The highest BCUT2D eigenvalue weighted by atomic mass is 28.4. The molecule has 0 aliphatic carbocycles. The van der Waals surface area contributed by atoms with Gasteiger partial charge in [0, 0.05) is 13.1 Å². The van der Waals surface area contributed by atoms with Gasteiger partial charge in [-0.05, 0) is 42.9 Å². The first-order chi connectivity index (χ1) is 6.54. The molecular weight excluding hydrogens is 190 g/mol. The summed E-state index contributed by atoms with van der Waals surface area (Å²) in [6.45, 7) is 8.61. The lowest BCUT2D eigenvalue weighted by molar-refractivity contribution is 0.557. The van der Waals surface area contributed by atoms with E-state index in [0.29, 0.717) is 0 Å². The molecule has 1 aliphatic rings. The van der Waals surface area contributed by atoms with Crippen LogP contribution in [0.1, 0.15) is 11.1 Å². The van der Waals surface area contributed by atoms with Crippen LogP contribution < -0.4 is 9.74 Å². The minimum Gasteiger partial charge on any atom is -0.544 e. The average molecular weight is 207 g/mol. The van der Waals surface area contributed by atoms with Crippen molar-refractivity contribution in [3.63, 3.8) is 0 Å². The minimum absolute atomic E-state index is 0.984. The van der Waals surface area contributed by atoms with Crippen molar-refractivity contribution in [2.24, 2.45) is 0 Å². The molecule has 2 rings (SSSR count).